The molecule has 0 saturated carbocycles. The zero-order valence-electron chi connectivity index (χ0n) is 14.2. The Morgan fingerprint density at radius 3 is 2.43 bits per heavy atom. The van der Waals surface area contributed by atoms with Gasteiger partial charge in [0.1, 0.15) is 5.82 Å². The molecule has 0 bridgehead atoms. The van der Waals surface area contributed by atoms with Crippen LogP contribution in [-0.4, -0.2) is 24.1 Å². The van der Waals surface area contributed by atoms with Gasteiger partial charge in [0.25, 0.3) is 0 Å². The van der Waals surface area contributed by atoms with Gasteiger partial charge in [0.2, 0.25) is 0 Å². The number of hydrogen-bond donors (Lipinski definition) is 1. The van der Waals surface area contributed by atoms with Crippen molar-refractivity contribution in [3.05, 3.63) is 23.9 Å². The van der Waals surface area contributed by atoms with Crippen LogP contribution in [0.4, 0.5) is 5.82 Å². The minimum atomic E-state index is 0.500. The van der Waals surface area contributed by atoms with Crippen LogP contribution in [0.3, 0.4) is 0 Å². The van der Waals surface area contributed by atoms with Crippen LogP contribution in [0.2, 0.25) is 0 Å². The topological polar surface area (TPSA) is 28.2 Å². The number of pyridine rings is 1. The fourth-order valence-electron chi connectivity index (χ4n) is 3.22. The lowest BCUT2D eigenvalue weighted by molar-refractivity contribution is 0.199. The fraction of sp³-hybridized carbons (Fsp3) is 0.722. The number of rotatable bonds is 6. The molecule has 2 heterocycles. The molecule has 1 fully saturated rings. The van der Waals surface area contributed by atoms with Crippen molar-refractivity contribution in [3.63, 3.8) is 0 Å². The summed E-state index contributed by atoms with van der Waals surface area (Å²) < 4.78 is 0. The molecule has 2 rings (SSSR count). The van der Waals surface area contributed by atoms with Crippen molar-refractivity contribution in [2.75, 3.05) is 18.0 Å². The predicted molar refractivity (Wildman–Crippen MR) is 90.7 cm³/mol. The van der Waals surface area contributed by atoms with Crippen molar-refractivity contribution < 1.29 is 0 Å². The summed E-state index contributed by atoms with van der Waals surface area (Å²) in [5.74, 6) is 1.15. The van der Waals surface area contributed by atoms with Gasteiger partial charge in [-0.1, -0.05) is 46.6 Å². The van der Waals surface area contributed by atoms with Gasteiger partial charge in [-0.3, -0.25) is 0 Å². The molecule has 1 aliphatic rings. The molecule has 0 amide bonds. The third kappa shape index (κ3) is 4.19. The van der Waals surface area contributed by atoms with E-state index in [4.69, 9.17) is 4.98 Å². The van der Waals surface area contributed by atoms with Gasteiger partial charge in [-0.2, -0.15) is 0 Å². The minimum absolute atomic E-state index is 0.500. The van der Waals surface area contributed by atoms with E-state index in [1.165, 1.54) is 25.7 Å². The zero-order valence-corrected chi connectivity index (χ0v) is 14.2. The summed E-state index contributed by atoms with van der Waals surface area (Å²) in [6.45, 7) is 12.2. The summed E-state index contributed by atoms with van der Waals surface area (Å²) in [7, 11) is 0. The maximum atomic E-state index is 4.83. The van der Waals surface area contributed by atoms with Gasteiger partial charge < -0.3 is 10.2 Å². The molecule has 1 aromatic rings. The van der Waals surface area contributed by atoms with Crippen molar-refractivity contribution in [2.24, 2.45) is 5.41 Å². The third-order valence-electron chi connectivity index (χ3n) is 5.13. The number of aromatic nitrogens is 1. The van der Waals surface area contributed by atoms with E-state index in [2.05, 4.69) is 56.1 Å². The fourth-order valence-corrected chi connectivity index (χ4v) is 3.22. The van der Waals surface area contributed by atoms with Crippen LogP contribution in [0, 0.1) is 5.41 Å². The molecule has 0 radical (unpaired) electrons. The maximum absolute atomic E-state index is 4.83. The first-order valence-electron chi connectivity index (χ1n) is 8.53. The highest BCUT2D eigenvalue weighted by Crippen LogP contribution is 2.38. The molecule has 1 aliphatic heterocycles. The Kier molecular flexibility index (Phi) is 5.63. The highest BCUT2D eigenvalue weighted by Gasteiger charge is 2.31. The van der Waals surface area contributed by atoms with E-state index in [0.29, 0.717) is 11.5 Å². The molecule has 21 heavy (non-hydrogen) atoms. The van der Waals surface area contributed by atoms with E-state index in [1.54, 1.807) is 0 Å². The number of hydrogen-bond acceptors (Lipinski definition) is 3. The number of anilines is 1. The Labute approximate surface area is 130 Å². The van der Waals surface area contributed by atoms with Gasteiger partial charge in [0.15, 0.2) is 0 Å². The molecule has 0 aromatic carbocycles. The monoisotopic (exact) mass is 289 g/mol. The highest BCUT2D eigenvalue weighted by molar-refractivity contribution is 5.40. The Bertz CT molecular complexity index is 428. The largest absolute Gasteiger partial charge is 0.357 e. The first kappa shape index (κ1) is 16.3. The van der Waals surface area contributed by atoms with Crippen LogP contribution in [0.5, 0.6) is 0 Å². The molecule has 0 spiro atoms. The molecule has 3 nitrogen and oxygen atoms in total. The van der Waals surface area contributed by atoms with Crippen molar-refractivity contribution in [2.45, 2.75) is 66.0 Å². The molecule has 1 aromatic heterocycles. The third-order valence-corrected chi connectivity index (χ3v) is 5.13. The van der Waals surface area contributed by atoms with E-state index in [9.17, 15) is 0 Å². The molecule has 1 N–H and O–H groups in total. The average molecular weight is 289 g/mol. The Balaban J connectivity index is 1.98. The number of nitrogens with one attached hydrogen (secondary N) is 1. The lowest BCUT2D eigenvalue weighted by Crippen LogP contribution is -2.40. The summed E-state index contributed by atoms with van der Waals surface area (Å²) in [5.41, 5.74) is 1.72. The Morgan fingerprint density at radius 2 is 1.86 bits per heavy atom. The number of nitrogens with zero attached hydrogens (tertiary/aromatic N) is 2. The van der Waals surface area contributed by atoms with Gasteiger partial charge in [-0.25, -0.2) is 4.98 Å². The quantitative estimate of drug-likeness (QED) is 0.858. The molecular weight excluding hydrogens is 258 g/mol. The van der Waals surface area contributed by atoms with E-state index < -0.39 is 0 Å². The van der Waals surface area contributed by atoms with Crippen LogP contribution in [0.25, 0.3) is 0 Å². The smallest absolute Gasteiger partial charge is 0.128 e. The van der Waals surface area contributed by atoms with Crippen LogP contribution in [-0.2, 0) is 6.54 Å². The van der Waals surface area contributed by atoms with Crippen LogP contribution in [0.1, 0.15) is 59.1 Å². The van der Waals surface area contributed by atoms with Crippen LogP contribution in [0.15, 0.2) is 18.2 Å². The van der Waals surface area contributed by atoms with Crippen LogP contribution < -0.4 is 10.2 Å². The molecule has 118 valence electrons. The van der Waals surface area contributed by atoms with Crippen molar-refractivity contribution in [1.82, 2.24) is 10.3 Å². The van der Waals surface area contributed by atoms with Gasteiger partial charge in [-0.15, -0.1) is 0 Å². The minimum Gasteiger partial charge on any atom is -0.357 e. The first-order chi connectivity index (χ1) is 10.1. The van der Waals surface area contributed by atoms with Crippen LogP contribution >= 0.6 is 0 Å². The molecule has 0 unspecified atom stereocenters. The maximum Gasteiger partial charge on any atom is 0.128 e. The van der Waals surface area contributed by atoms with E-state index in [0.717, 1.165) is 31.1 Å². The predicted octanol–water partition coefficient (Wildman–Crippen LogP) is 3.99. The summed E-state index contributed by atoms with van der Waals surface area (Å²) in [4.78, 5) is 7.29. The number of piperidine rings is 1. The second-order valence-corrected chi connectivity index (χ2v) is 6.72. The second kappa shape index (κ2) is 7.26. The molecule has 0 aliphatic carbocycles. The summed E-state index contributed by atoms with van der Waals surface area (Å²) in [6.07, 6.45) is 5.22. The Morgan fingerprint density at radius 1 is 1.19 bits per heavy atom. The normalized spacial score (nSPS) is 18.2. The summed E-state index contributed by atoms with van der Waals surface area (Å²) in [6, 6.07) is 6.91. The van der Waals surface area contributed by atoms with Gasteiger partial charge in [0.05, 0.1) is 5.69 Å². The van der Waals surface area contributed by atoms with E-state index in [-0.39, 0.29) is 0 Å². The standard InChI is InChI=1S/C18H31N3/c1-5-18(6-2)10-12-21(13-11-18)17-9-7-8-16(20-17)14-19-15(3)4/h7-9,15,19H,5-6,10-14H2,1-4H3. The van der Waals surface area contributed by atoms with Crippen molar-refractivity contribution in [1.29, 1.82) is 0 Å². The van der Waals surface area contributed by atoms with Gasteiger partial charge >= 0.3 is 0 Å². The lowest BCUT2D eigenvalue weighted by Gasteiger charge is -2.41. The summed E-state index contributed by atoms with van der Waals surface area (Å²) >= 11 is 0. The SMILES string of the molecule is CCC1(CC)CCN(c2cccc(CNC(C)C)n2)CC1. The zero-order chi connectivity index (χ0) is 15.3. The van der Waals surface area contributed by atoms with Crippen molar-refractivity contribution in [3.8, 4) is 0 Å². The Hall–Kier alpha value is -1.09. The summed E-state index contributed by atoms with van der Waals surface area (Å²) in [5, 5.41) is 3.44. The van der Waals surface area contributed by atoms with Crippen molar-refractivity contribution >= 4 is 5.82 Å². The lowest BCUT2D eigenvalue weighted by atomic mass is 9.74. The second-order valence-electron chi connectivity index (χ2n) is 6.72. The first-order valence-corrected chi connectivity index (χ1v) is 8.53. The molecule has 3 heteroatoms. The van der Waals surface area contributed by atoms with Gasteiger partial charge in [0, 0.05) is 25.7 Å². The van der Waals surface area contributed by atoms with E-state index >= 15 is 0 Å². The molecule has 1 saturated heterocycles. The molecular formula is C18H31N3. The van der Waals surface area contributed by atoms with E-state index in [1.807, 2.05) is 0 Å². The average Bonchev–Trinajstić information content (AvgIpc) is 2.53. The highest BCUT2D eigenvalue weighted by atomic mass is 15.2. The molecule has 0 atom stereocenters. The van der Waals surface area contributed by atoms with Gasteiger partial charge in [-0.05, 0) is 30.4 Å².